The molecular weight excluding hydrogens is 300 g/mol. The molecule has 2 unspecified atom stereocenters. The molecule has 2 aromatic rings. The van der Waals surface area contributed by atoms with Crippen molar-refractivity contribution in [1.29, 1.82) is 0 Å². The van der Waals surface area contributed by atoms with Crippen molar-refractivity contribution in [3.05, 3.63) is 77.9 Å². The smallest absolute Gasteiger partial charge is 0.321 e. The van der Waals surface area contributed by atoms with Crippen LogP contribution in [0, 0.1) is 17.9 Å². The number of allylic oxidation sites excluding steroid dienone is 1. The second-order valence-corrected chi connectivity index (χ2v) is 5.16. The van der Waals surface area contributed by atoms with Crippen molar-refractivity contribution >= 4 is 12.0 Å². The molecule has 2 rings (SSSR count). The largest absolute Gasteiger partial charge is 0.468 e. The van der Waals surface area contributed by atoms with Gasteiger partial charge in [-0.1, -0.05) is 72.8 Å². The van der Waals surface area contributed by atoms with E-state index in [1.165, 1.54) is 14.2 Å². The van der Waals surface area contributed by atoms with E-state index in [1.807, 2.05) is 72.8 Å². The molecule has 0 heterocycles. The fourth-order valence-electron chi connectivity index (χ4n) is 2.41. The number of rotatable bonds is 5. The summed E-state index contributed by atoms with van der Waals surface area (Å²) < 4.78 is 9.76. The first-order chi connectivity index (χ1) is 11.8. The number of methoxy groups -OCH3 is 2. The van der Waals surface area contributed by atoms with Crippen molar-refractivity contribution in [2.24, 2.45) is 5.92 Å². The summed E-state index contributed by atoms with van der Waals surface area (Å²) in [5.41, 5.74) is 2.05. The predicted molar refractivity (Wildman–Crippen MR) is 95.0 cm³/mol. The highest BCUT2D eigenvalue weighted by atomic mass is 16.5. The van der Waals surface area contributed by atoms with E-state index in [-0.39, 0.29) is 11.9 Å². The Balaban J connectivity index is 2.41. The van der Waals surface area contributed by atoms with Crippen LogP contribution in [0.1, 0.15) is 17.0 Å². The lowest BCUT2D eigenvalue weighted by Gasteiger charge is -2.18. The summed E-state index contributed by atoms with van der Waals surface area (Å²) in [6, 6.07) is 19.7. The normalized spacial score (nSPS) is 12.8. The minimum Gasteiger partial charge on any atom is -0.468 e. The standard InChI is InChI=1S/C21H20O3/c1-23-16-15-20(21(22)24-2)19(18-11-7-4-8-12-18)14-13-17-9-5-3-6-10-17/h3-14,19-20H,1-2H3/b14-13+. The van der Waals surface area contributed by atoms with Gasteiger partial charge in [0, 0.05) is 5.92 Å². The van der Waals surface area contributed by atoms with Crippen molar-refractivity contribution in [1.82, 2.24) is 0 Å². The maximum absolute atomic E-state index is 12.2. The third-order valence-electron chi connectivity index (χ3n) is 3.61. The summed E-state index contributed by atoms with van der Waals surface area (Å²) in [6.45, 7) is 0. The Morgan fingerprint density at radius 1 is 1.00 bits per heavy atom. The fraction of sp³-hybridized carbons (Fsp3) is 0.190. The van der Waals surface area contributed by atoms with Gasteiger partial charge in [-0.15, -0.1) is 0 Å². The van der Waals surface area contributed by atoms with Gasteiger partial charge in [0.1, 0.15) is 12.0 Å². The minimum atomic E-state index is -0.641. The molecule has 0 fully saturated rings. The van der Waals surface area contributed by atoms with Gasteiger partial charge in [0.25, 0.3) is 0 Å². The molecule has 0 spiro atoms. The molecule has 3 nitrogen and oxygen atoms in total. The molecule has 2 aromatic carbocycles. The molecule has 0 saturated carbocycles. The summed E-state index contributed by atoms with van der Waals surface area (Å²) in [6.07, 6.45) is 6.50. The Morgan fingerprint density at radius 3 is 2.21 bits per heavy atom. The van der Waals surface area contributed by atoms with Gasteiger partial charge in [0.2, 0.25) is 0 Å². The van der Waals surface area contributed by atoms with Gasteiger partial charge < -0.3 is 9.47 Å². The first kappa shape index (κ1) is 17.4. The van der Waals surface area contributed by atoms with Crippen LogP contribution in [0.15, 0.2) is 66.7 Å². The SMILES string of the molecule is COC#CC(C(=O)OC)C(/C=C/c1ccccc1)c1ccccc1. The van der Waals surface area contributed by atoms with Crippen molar-refractivity contribution in [2.45, 2.75) is 5.92 Å². The van der Waals surface area contributed by atoms with Crippen LogP contribution in [0.2, 0.25) is 0 Å². The van der Waals surface area contributed by atoms with E-state index in [0.29, 0.717) is 0 Å². The number of hydrogen-bond donors (Lipinski definition) is 0. The zero-order valence-corrected chi connectivity index (χ0v) is 13.8. The Morgan fingerprint density at radius 2 is 1.62 bits per heavy atom. The zero-order valence-electron chi connectivity index (χ0n) is 13.8. The van der Waals surface area contributed by atoms with E-state index >= 15 is 0 Å². The highest BCUT2D eigenvalue weighted by Gasteiger charge is 2.27. The van der Waals surface area contributed by atoms with E-state index in [4.69, 9.17) is 9.47 Å². The van der Waals surface area contributed by atoms with E-state index < -0.39 is 5.92 Å². The van der Waals surface area contributed by atoms with E-state index in [1.54, 1.807) is 0 Å². The molecule has 24 heavy (non-hydrogen) atoms. The van der Waals surface area contributed by atoms with Crippen LogP contribution in [-0.2, 0) is 14.3 Å². The van der Waals surface area contributed by atoms with Crippen molar-refractivity contribution in [3.63, 3.8) is 0 Å². The topological polar surface area (TPSA) is 35.5 Å². The number of ether oxygens (including phenoxy) is 2. The molecule has 0 aromatic heterocycles. The molecule has 3 heteroatoms. The lowest BCUT2D eigenvalue weighted by Crippen LogP contribution is -2.21. The van der Waals surface area contributed by atoms with Gasteiger partial charge in [-0.05, 0) is 17.0 Å². The molecule has 0 N–H and O–H groups in total. The molecule has 122 valence electrons. The number of carbonyl (C=O) groups excluding carboxylic acids is 1. The second-order valence-electron chi connectivity index (χ2n) is 5.16. The van der Waals surface area contributed by atoms with Crippen LogP contribution >= 0.6 is 0 Å². The Hall–Kier alpha value is -2.99. The number of esters is 1. The maximum atomic E-state index is 12.2. The lowest BCUT2D eigenvalue weighted by molar-refractivity contribution is -0.143. The van der Waals surface area contributed by atoms with Gasteiger partial charge in [0.05, 0.1) is 14.2 Å². The van der Waals surface area contributed by atoms with Crippen LogP contribution in [0.3, 0.4) is 0 Å². The number of benzene rings is 2. The molecule has 0 amide bonds. The molecule has 0 bridgehead atoms. The molecule has 2 atom stereocenters. The highest BCUT2D eigenvalue weighted by molar-refractivity contribution is 5.78. The number of hydrogen-bond acceptors (Lipinski definition) is 3. The summed E-state index contributed by atoms with van der Waals surface area (Å²) in [4.78, 5) is 12.2. The van der Waals surface area contributed by atoms with E-state index in [9.17, 15) is 4.79 Å². The van der Waals surface area contributed by atoms with Crippen LogP contribution in [0.4, 0.5) is 0 Å². The third-order valence-corrected chi connectivity index (χ3v) is 3.61. The first-order valence-electron chi connectivity index (χ1n) is 7.65. The van der Waals surface area contributed by atoms with Crippen LogP contribution in [0.25, 0.3) is 6.08 Å². The summed E-state index contributed by atoms with van der Waals surface area (Å²) in [5, 5.41) is 0. The van der Waals surface area contributed by atoms with Gasteiger partial charge in [-0.25, -0.2) is 0 Å². The van der Waals surface area contributed by atoms with E-state index in [2.05, 4.69) is 12.0 Å². The zero-order chi connectivity index (χ0) is 17.2. The van der Waals surface area contributed by atoms with Crippen molar-refractivity contribution in [3.8, 4) is 12.0 Å². The fourth-order valence-corrected chi connectivity index (χ4v) is 2.41. The summed E-state index contributed by atoms with van der Waals surface area (Å²) in [5.74, 6) is 1.60. The van der Waals surface area contributed by atoms with Gasteiger partial charge in [-0.3, -0.25) is 4.79 Å². The van der Waals surface area contributed by atoms with Crippen molar-refractivity contribution in [2.75, 3.05) is 14.2 Å². The van der Waals surface area contributed by atoms with Crippen LogP contribution < -0.4 is 0 Å². The molecule has 0 saturated heterocycles. The average Bonchev–Trinajstić information content (AvgIpc) is 2.65. The number of carbonyl (C=O) groups is 1. The first-order valence-corrected chi connectivity index (χ1v) is 7.65. The van der Waals surface area contributed by atoms with Gasteiger partial charge >= 0.3 is 5.97 Å². The van der Waals surface area contributed by atoms with Gasteiger partial charge in [0.15, 0.2) is 0 Å². The van der Waals surface area contributed by atoms with Crippen LogP contribution in [0.5, 0.6) is 0 Å². The Labute approximate surface area is 142 Å². The van der Waals surface area contributed by atoms with Crippen molar-refractivity contribution < 1.29 is 14.3 Å². The Kier molecular flexibility index (Phi) is 6.67. The second kappa shape index (κ2) is 9.22. The Bertz CT molecular complexity index is 724. The third kappa shape index (κ3) is 4.76. The highest BCUT2D eigenvalue weighted by Crippen LogP contribution is 2.28. The lowest BCUT2D eigenvalue weighted by atomic mass is 9.85. The molecular formula is C21H20O3. The van der Waals surface area contributed by atoms with Crippen LogP contribution in [-0.4, -0.2) is 20.2 Å². The maximum Gasteiger partial charge on any atom is 0.321 e. The molecule has 0 aliphatic heterocycles. The van der Waals surface area contributed by atoms with E-state index in [0.717, 1.165) is 11.1 Å². The summed E-state index contributed by atoms with van der Waals surface area (Å²) >= 11 is 0. The predicted octanol–water partition coefficient (Wildman–Crippen LogP) is 3.88. The molecule has 0 aliphatic rings. The van der Waals surface area contributed by atoms with Gasteiger partial charge in [-0.2, -0.15) is 0 Å². The average molecular weight is 320 g/mol. The quantitative estimate of drug-likeness (QED) is 0.619. The molecule has 0 aliphatic carbocycles. The molecule has 0 radical (unpaired) electrons. The monoisotopic (exact) mass is 320 g/mol. The summed E-state index contributed by atoms with van der Waals surface area (Å²) in [7, 11) is 2.84. The minimum absolute atomic E-state index is 0.235.